The van der Waals surface area contributed by atoms with Crippen molar-refractivity contribution in [3.05, 3.63) is 42.0 Å². The second-order valence-electron chi connectivity index (χ2n) is 14.6. The van der Waals surface area contributed by atoms with E-state index in [1.54, 1.807) is 12.1 Å². The number of carbonyl (C=O) groups is 5. The van der Waals surface area contributed by atoms with Crippen molar-refractivity contribution in [1.82, 2.24) is 21.3 Å². The number of hydrogen-bond acceptors (Lipinski definition) is 8. The molecule has 13 heteroatoms. The first-order valence-corrected chi connectivity index (χ1v) is 20.8. The van der Waals surface area contributed by atoms with Crippen LogP contribution in [0.15, 0.2) is 36.4 Å². The fourth-order valence-corrected chi connectivity index (χ4v) is 6.16. The number of carboxylic acid groups (broad SMARTS) is 1. The normalized spacial score (nSPS) is 13.5. The highest BCUT2D eigenvalue weighted by atomic mass is 16.4. The zero-order chi connectivity index (χ0) is 40.7. The average Bonchev–Trinajstić information content (AvgIpc) is 3.16. The van der Waals surface area contributed by atoms with Gasteiger partial charge in [-0.3, -0.25) is 19.2 Å². The van der Waals surface area contributed by atoms with Crippen LogP contribution in [0.1, 0.15) is 148 Å². The third kappa shape index (κ3) is 24.2. The van der Waals surface area contributed by atoms with Gasteiger partial charge in [0.15, 0.2) is 0 Å². The topological polar surface area (TPSA) is 226 Å². The third-order valence-corrected chi connectivity index (χ3v) is 9.59. The number of phenols is 1. The number of nitrogens with two attached hydrogens (primary N) is 2. The van der Waals surface area contributed by atoms with Crippen molar-refractivity contribution in [3.63, 3.8) is 0 Å². The zero-order valence-electron chi connectivity index (χ0n) is 33.6. The van der Waals surface area contributed by atoms with Gasteiger partial charge in [0.25, 0.3) is 0 Å². The molecule has 0 unspecified atom stereocenters. The summed E-state index contributed by atoms with van der Waals surface area (Å²) >= 11 is 0. The Bertz CT molecular complexity index is 1260. The number of benzene rings is 1. The third-order valence-electron chi connectivity index (χ3n) is 9.59. The van der Waals surface area contributed by atoms with Gasteiger partial charge in [-0.1, -0.05) is 82.6 Å². The number of phenolic OH excluding ortho intramolecular Hbond substituents is 1. The maximum absolute atomic E-state index is 13.4. The lowest BCUT2D eigenvalue weighted by molar-refractivity contribution is -0.142. The van der Waals surface area contributed by atoms with E-state index in [0.29, 0.717) is 57.2 Å². The largest absolute Gasteiger partial charge is 0.508 e. The smallest absolute Gasteiger partial charge is 0.326 e. The predicted molar refractivity (Wildman–Crippen MR) is 218 cm³/mol. The molecule has 312 valence electrons. The number of nitrogens with one attached hydrogen (secondary N) is 4. The Labute approximate surface area is 329 Å². The molecule has 0 saturated carbocycles. The summed E-state index contributed by atoms with van der Waals surface area (Å²) in [5.41, 5.74) is 11.8. The average molecular weight is 773 g/mol. The molecule has 1 aromatic carbocycles. The van der Waals surface area contributed by atoms with Gasteiger partial charge in [-0.2, -0.15) is 0 Å². The van der Waals surface area contributed by atoms with E-state index in [1.807, 2.05) is 0 Å². The monoisotopic (exact) mass is 773 g/mol. The van der Waals surface area contributed by atoms with Crippen molar-refractivity contribution in [2.45, 2.75) is 173 Å². The number of unbranched alkanes of at least 4 members (excludes halogenated alkanes) is 13. The summed E-state index contributed by atoms with van der Waals surface area (Å²) in [7, 11) is 0. The van der Waals surface area contributed by atoms with E-state index in [0.717, 1.165) is 44.9 Å². The molecule has 0 spiro atoms. The number of hydrogen-bond donors (Lipinski definition) is 8. The van der Waals surface area contributed by atoms with E-state index in [2.05, 4.69) is 40.3 Å². The van der Waals surface area contributed by atoms with Crippen LogP contribution in [-0.2, 0) is 30.4 Å². The summed E-state index contributed by atoms with van der Waals surface area (Å²) in [6.45, 7) is 4.54. The summed E-state index contributed by atoms with van der Waals surface area (Å²) in [6, 6.07) is 1.76. The van der Waals surface area contributed by atoms with Gasteiger partial charge in [0.1, 0.15) is 29.9 Å². The highest BCUT2D eigenvalue weighted by Crippen LogP contribution is 2.13. The molecule has 0 heterocycles. The molecule has 55 heavy (non-hydrogen) atoms. The molecule has 0 aliphatic carbocycles. The zero-order valence-corrected chi connectivity index (χ0v) is 33.6. The SMILES string of the molecule is CCCCCCCC/C=C/CCCCCCCC(=O)N[C@@H](CCCCN)C(=O)N[C@@H](C)C(=O)N[C@@H](Cc1ccc(O)cc1)C(=O)N[C@@H](CCCCN)C(=O)O. The fourth-order valence-electron chi connectivity index (χ4n) is 6.16. The molecular formula is C42H72N6O7. The van der Waals surface area contributed by atoms with Gasteiger partial charge in [0.05, 0.1) is 0 Å². The van der Waals surface area contributed by atoms with Crippen molar-refractivity contribution >= 4 is 29.6 Å². The van der Waals surface area contributed by atoms with Crippen LogP contribution in [-0.4, -0.2) is 77.1 Å². The van der Waals surface area contributed by atoms with Crippen LogP contribution in [0, 0.1) is 0 Å². The molecule has 0 aromatic heterocycles. The Morgan fingerprint density at radius 2 is 1.13 bits per heavy atom. The predicted octanol–water partition coefficient (Wildman–Crippen LogP) is 5.27. The number of amides is 4. The molecule has 1 rings (SSSR count). The maximum atomic E-state index is 13.4. The Hall–Kier alpha value is -3.97. The Balaban J connectivity index is 2.68. The fraction of sp³-hybridized carbons (Fsp3) is 0.690. The van der Waals surface area contributed by atoms with Gasteiger partial charge in [0.2, 0.25) is 23.6 Å². The Kier molecular flexibility index (Phi) is 27.9. The minimum absolute atomic E-state index is 0.00177. The summed E-state index contributed by atoms with van der Waals surface area (Å²) in [5, 5.41) is 30.1. The van der Waals surface area contributed by atoms with Gasteiger partial charge in [0, 0.05) is 12.8 Å². The highest BCUT2D eigenvalue weighted by molar-refractivity contribution is 5.95. The lowest BCUT2D eigenvalue weighted by Crippen LogP contribution is -2.57. The minimum atomic E-state index is -1.21. The molecule has 10 N–H and O–H groups in total. The summed E-state index contributed by atoms with van der Waals surface area (Å²) < 4.78 is 0. The van der Waals surface area contributed by atoms with Crippen molar-refractivity contribution in [1.29, 1.82) is 0 Å². The standard InChI is InChI=1S/C42H72N6O7/c1-3-4-5-6-7-8-9-10-11-12-13-14-15-16-17-24-38(50)46-35(22-18-20-29-43)40(52)45-32(2)39(51)48-37(31-33-25-27-34(49)28-26-33)41(53)47-36(42(54)55)23-19-21-30-44/h10-11,25-28,32,35-37,49H,3-9,12-24,29-31,43-44H2,1-2H3,(H,45,52)(H,46,50)(H,47,53)(H,48,51)(H,54,55)/b11-10+/t32-,35-,36-,37-/m0/s1. The van der Waals surface area contributed by atoms with Crippen LogP contribution < -0.4 is 32.7 Å². The molecule has 0 bridgehead atoms. The van der Waals surface area contributed by atoms with Gasteiger partial charge in [-0.25, -0.2) is 4.79 Å². The van der Waals surface area contributed by atoms with E-state index in [-0.39, 0.29) is 24.5 Å². The molecule has 4 atom stereocenters. The number of rotatable bonds is 33. The first-order chi connectivity index (χ1) is 26.5. The summed E-state index contributed by atoms with van der Waals surface area (Å²) in [4.78, 5) is 64.8. The minimum Gasteiger partial charge on any atom is -0.508 e. The van der Waals surface area contributed by atoms with Crippen LogP contribution >= 0.6 is 0 Å². The molecule has 0 aliphatic rings. The van der Waals surface area contributed by atoms with Gasteiger partial charge >= 0.3 is 5.97 Å². The summed E-state index contributed by atoms with van der Waals surface area (Å²) in [6.07, 6.45) is 22.8. The lowest BCUT2D eigenvalue weighted by atomic mass is 10.0. The van der Waals surface area contributed by atoms with E-state index < -0.39 is 47.9 Å². The van der Waals surface area contributed by atoms with Crippen molar-refractivity contribution in [3.8, 4) is 5.75 Å². The quantitative estimate of drug-likeness (QED) is 0.0343. The molecule has 13 nitrogen and oxygen atoms in total. The number of carbonyl (C=O) groups excluding carboxylic acids is 4. The highest BCUT2D eigenvalue weighted by Gasteiger charge is 2.30. The van der Waals surface area contributed by atoms with Gasteiger partial charge in [-0.15, -0.1) is 0 Å². The molecule has 0 saturated heterocycles. The van der Waals surface area contributed by atoms with Gasteiger partial charge in [-0.05, 0) is 108 Å². The molecule has 1 aromatic rings. The van der Waals surface area contributed by atoms with Gasteiger partial charge < -0.3 is 42.9 Å². The summed E-state index contributed by atoms with van der Waals surface area (Å²) in [5.74, 6) is -3.31. The lowest BCUT2D eigenvalue weighted by Gasteiger charge is -2.25. The first kappa shape index (κ1) is 49.0. The molecule has 0 radical (unpaired) electrons. The second-order valence-corrected chi connectivity index (χ2v) is 14.6. The van der Waals surface area contributed by atoms with Crippen LogP contribution in [0.3, 0.4) is 0 Å². The van der Waals surface area contributed by atoms with E-state index in [4.69, 9.17) is 11.5 Å². The van der Waals surface area contributed by atoms with E-state index in [9.17, 15) is 34.2 Å². The molecular weight excluding hydrogens is 700 g/mol. The first-order valence-electron chi connectivity index (χ1n) is 20.8. The van der Waals surface area contributed by atoms with Crippen LogP contribution in [0.4, 0.5) is 0 Å². The second kappa shape index (κ2) is 31.3. The number of carboxylic acids is 1. The Morgan fingerprint density at radius 3 is 1.69 bits per heavy atom. The van der Waals surface area contributed by atoms with Crippen LogP contribution in [0.25, 0.3) is 0 Å². The number of aromatic hydroxyl groups is 1. The molecule has 0 aliphatic heterocycles. The number of aliphatic carboxylic acids is 1. The van der Waals surface area contributed by atoms with Crippen LogP contribution in [0.2, 0.25) is 0 Å². The molecule has 0 fully saturated rings. The van der Waals surface area contributed by atoms with E-state index in [1.165, 1.54) is 57.6 Å². The number of allylic oxidation sites excluding steroid dienone is 2. The van der Waals surface area contributed by atoms with Crippen LogP contribution in [0.5, 0.6) is 5.75 Å². The maximum Gasteiger partial charge on any atom is 0.326 e. The van der Waals surface area contributed by atoms with Crippen molar-refractivity contribution < 1.29 is 34.2 Å². The van der Waals surface area contributed by atoms with Crippen molar-refractivity contribution in [2.75, 3.05) is 13.1 Å². The Morgan fingerprint density at radius 1 is 0.618 bits per heavy atom. The van der Waals surface area contributed by atoms with E-state index >= 15 is 0 Å². The molecule has 4 amide bonds. The van der Waals surface area contributed by atoms with Crippen molar-refractivity contribution in [2.24, 2.45) is 11.5 Å².